The maximum atomic E-state index is 13.2. The maximum Gasteiger partial charge on any atom is 0.222 e. The summed E-state index contributed by atoms with van der Waals surface area (Å²) in [5.74, 6) is 0.261. The maximum absolute atomic E-state index is 13.2. The third kappa shape index (κ3) is 7.59. The molecule has 0 unspecified atom stereocenters. The van der Waals surface area contributed by atoms with Crippen molar-refractivity contribution < 1.29 is 19.4 Å². The van der Waals surface area contributed by atoms with Gasteiger partial charge in [-0.3, -0.25) is 9.78 Å². The third-order valence-corrected chi connectivity index (χ3v) is 9.53. The Hall–Kier alpha value is -4.05. The first-order chi connectivity index (χ1) is 22.6. The zero-order valence-electron chi connectivity index (χ0n) is 28.7. The van der Waals surface area contributed by atoms with Crippen molar-refractivity contribution in [2.75, 3.05) is 46.6 Å². The second-order valence-corrected chi connectivity index (χ2v) is 12.6. The Kier molecular flexibility index (Phi) is 11.1. The number of aliphatic hydroxyl groups excluding tert-OH is 1. The zero-order chi connectivity index (χ0) is 33.7. The molecule has 0 aliphatic carbocycles. The summed E-state index contributed by atoms with van der Waals surface area (Å²) in [7, 11) is 1.82. The summed E-state index contributed by atoms with van der Waals surface area (Å²) in [6.07, 6.45) is 3.90. The number of likely N-dealkylation sites (N-methyl/N-ethyl adjacent to an activating group) is 1. The molecule has 2 aliphatic rings. The molecule has 250 valence electrons. The summed E-state index contributed by atoms with van der Waals surface area (Å²) in [5.41, 5.74) is 13.7. The number of hydrogen-bond donors (Lipinski definition) is 3. The van der Waals surface area contributed by atoms with Crippen LogP contribution in [0.3, 0.4) is 0 Å². The van der Waals surface area contributed by atoms with Gasteiger partial charge < -0.3 is 29.4 Å². The van der Waals surface area contributed by atoms with Gasteiger partial charge in [0, 0.05) is 70.9 Å². The van der Waals surface area contributed by atoms with Gasteiger partial charge in [-0.15, -0.1) is 0 Å². The van der Waals surface area contributed by atoms with Crippen LogP contribution in [0.4, 0.5) is 0 Å². The predicted molar refractivity (Wildman–Crippen MR) is 189 cm³/mol. The highest BCUT2D eigenvalue weighted by molar-refractivity contribution is 5.96. The number of allylic oxidation sites excluding steroid dienone is 3. The lowest BCUT2D eigenvalue weighted by molar-refractivity contribution is -0.130. The number of fused-ring (bicyclic) bond motifs is 8. The number of carbonyl (C=O) groups excluding carboxylic acids is 1. The average Bonchev–Trinajstić information content (AvgIpc) is 3.73. The Morgan fingerprint density at radius 2 is 1.72 bits per heavy atom. The quantitative estimate of drug-likeness (QED) is 0.178. The molecular formula is C38H49N5O4. The van der Waals surface area contributed by atoms with Crippen LogP contribution < -0.4 is 0 Å². The van der Waals surface area contributed by atoms with Crippen LogP contribution in [-0.2, 0) is 20.7 Å². The van der Waals surface area contributed by atoms with Crippen molar-refractivity contribution in [2.45, 2.75) is 65.7 Å². The van der Waals surface area contributed by atoms with Crippen molar-refractivity contribution in [1.82, 2.24) is 24.8 Å². The lowest BCUT2D eigenvalue weighted by Crippen LogP contribution is -2.30. The van der Waals surface area contributed by atoms with Gasteiger partial charge in [0.1, 0.15) is 0 Å². The first-order valence-corrected chi connectivity index (χ1v) is 16.7. The molecule has 0 fully saturated rings. The summed E-state index contributed by atoms with van der Waals surface area (Å²) in [4.78, 5) is 32.5. The van der Waals surface area contributed by atoms with E-state index >= 15 is 0 Å². The lowest BCUT2D eigenvalue weighted by atomic mass is 9.87. The Morgan fingerprint density at radius 1 is 0.957 bits per heavy atom. The summed E-state index contributed by atoms with van der Waals surface area (Å²) >= 11 is 0. The van der Waals surface area contributed by atoms with Crippen molar-refractivity contribution in [2.24, 2.45) is 0 Å². The van der Waals surface area contributed by atoms with E-state index in [1.807, 2.05) is 13.1 Å². The van der Waals surface area contributed by atoms with Gasteiger partial charge in [-0.05, 0) is 86.2 Å². The van der Waals surface area contributed by atoms with E-state index in [-0.39, 0.29) is 24.3 Å². The van der Waals surface area contributed by atoms with Crippen LogP contribution in [0.5, 0.6) is 0 Å². The van der Waals surface area contributed by atoms with Gasteiger partial charge in [-0.2, -0.15) is 0 Å². The van der Waals surface area contributed by atoms with E-state index in [0.29, 0.717) is 45.8 Å². The number of ether oxygens (including phenoxy) is 2. The molecule has 5 heterocycles. The fraction of sp³-hybridized carbons (Fsp3) is 0.447. The molecule has 9 heteroatoms. The number of aliphatic hydroxyl groups is 1. The minimum absolute atomic E-state index is 0.00314. The van der Waals surface area contributed by atoms with Crippen LogP contribution in [0.1, 0.15) is 84.9 Å². The van der Waals surface area contributed by atoms with Gasteiger partial charge in [0.05, 0.1) is 44.4 Å². The smallest absolute Gasteiger partial charge is 0.222 e. The Balaban J connectivity index is 1.50. The molecule has 3 aromatic rings. The number of nitrogens with one attached hydrogen (secondary N) is 2. The molecule has 3 N–H and O–H groups in total. The van der Waals surface area contributed by atoms with Crippen molar-refractivity contribution in [3.63, 3.8) is 0 Å². The number of rotatable bonds is 13. The van der Waals surface area contributed by atoms with Crippen molar-refractivity contribution in [3.8, 4) is 0 Å². The van der Waals surface area contributed by atoms with Crippen LogP contribution in [0.15, 0.2) is 43.0 Å². The molecule has 0 aromatic carbocycles. The molecule has 8 bridgehead atoms. The first kappa shape index (κ1) is 34.3. The number of carbonyl (C=O) groups is 1. The summed E-state index contributed by atoms with van der Waals surface area (Å²) in [6, 6.07) is 10.8. The summed E-state index contributed by atoms with van der Waals surface area (Å²) in [6.45, 7) is 17.0. The molecule has 3 aromatic heterocycles. The minimum Gasteiger partial charge on any atom is -0.394 e. The highest BCUT2D eigenvalue weighted by Crippen LogP contribution is 2.41. The van der Waals surface area contributed by atoms with E-state index < -0.39 is 0 Å². The Labute approximate surface area is 277 Å². The number of aromatic amines is 2. The van der Waals surface area contributed by atoms with E-state index in [1.165, 1.54) is 11.1 Å². The topological polar surface area (TPSA) is 116 Å². The van der Waals surface area contributed by atoms with E-state index in [1.54, 1.807) is 4.90 Å². The predicted octanol–water partition coefficient (Wildman–Crippen LogP) is 6.76. The van der Waals surface area contributed by atoms with Crippen LogP contribution in [0.2, 0.25) is 0 Å². The SMILES string of the molecule is C=CC1=C(C)c2cc3nc(cc4cc(C)c(cc5[nH]c(cc1n2)c(C)c5CC)[nH]4)[C@@H](CCC(=O)N(C)CCOCCOCCO)[C@@H]3C. The highest BCUT2D eigenvalue weighted by atomic mass is 16.5. The van der Waals surface area contributed by atoms with Gasteiger partial charge in [-0.25, -0.2) is 4.98 Å². The van der Waals surface area contributed by atoms with Gasteiger partial charge in [0.15, 0.2) is 0 Å². The van der Waals surface area contributed by atoms with Gasteiger partial charge in [0.2, 0.25) is 5.91 Å². The molecule has 2 aliphatic heterocycles. The van der Waals surface area contributed by atoms with Gasteiger partial charge in [-0.1, -0.05) is 26.5 Å². The van der Waals surface area contributed by atoms with E-state index in [0.717, 1.165) is 68.0 Å². The summed E-state index contributed by atoms with van der Waals surface area (Å²) < 4.78 is 10.8. The van der Waals surface area contributed by atoms with Crippen LogP contribution in [-0.4, -0.2) is 82.5 Å². The second-order valence-electron chi connectivity index (χ2n) is 12.6. The van der Waals surface area contributed by atoms with Gasteiger partial charge in [0.25, 0.3) is 0 Å². The molecule has 0 saturated carbocycles. The van der Waals surface area contributed by atoms with Gasteiger partial charge >= 0.3 is 0 Å². The number of H-pyrrole nitrogens is 2. The Morgan fingerprint density at radius 3 is 2.45 bits per heavy atom. The molecule has 47 heavy (non-hydrogen) atoms. The second kappa shape index (κ2) is 15.2. The third-order valence-electron chi connectivity index (χ3n) is 9.53. The number of nitrogens with zero attached hydrogens (tertiary/aromatic N) is 3. The monoisotopic (exact) mass is 639 g/mol. The minimum atomic E-state index is -0.00314. The lowest BCUT2D eigenvalue weighted by Gasteiger charge is -2.20. The molecule has 2 atom stereocenters. The standard InChI is InChI=1S/C38H49N5O4/c1-8-28-25(5)34-22-37-29(9-2)24(4)32(41-37)21-33-26(6)30(10-11-38(45)43(7)12-14-46-16-17-47-15-13-44)35(40-33)19-27-18-23(3)31(39-27)20-36(28)42-34/h9,18-22,26,30,39,42,44H,2,8,10-17H2,1,3-7H3/t26-,30-/m0/s1. The van der Waals surface area contributed by atoms with Crippen LogP contribution >= 0.6 is 0 Å². The van der Waals surface area contributed by atoms with Crippen molar-refractivity contribution >= 4 is 39.1 Å². The van der Waals surface area contributed by atoms with Crippen LogP contribution in [0, 0.1) is 13.8 Å². The first-order valence-electron chi connectivity index (χ1n) is 16.7. The Bertz CT molecular complexity index is 1820. The largest absolute Gasteiger partial charge is 0.394 e. The molecule has 0 radical (unpaired) electrons. The van der Waals surface area contributed by atoms with E-state index in [2.05, 4.69) is 81.5 Å². The zero-order valence-corrected chi connectivity index (χ0v) is 28.7. The average molecular weight is 640 g/mol. The number of aryl methyl sites for hydroxylation is 3. The number of aromatic nitrogens is 4. The van der Waals surface area contributed by atoms with Crippen LogP contribution in [0.25, 0.3) is 33.2 Å². The van der Waals surface area contributed by atoms with E-state index in [4.69, 9.17) is 24.5 Å². The molecular weight excluding hydrogens is 590 g/mol. The molecule has 0 saturated heterocycles. The molecule has 9 nitrogen and oxygen atoms in total. The van der Waals surface area contributed by atoms with E-state index in [9.17, 15) is 4.79 Å². The van der Waals surface area contributed by atoms with Crippen molar-refractivity contribution in [3.05, 3.63) is 82.5 Å². The normalized spacial score (nSPS) is 16.1. The van der Waals surface area contributed by atoms with Crippen molar-refractivity contribution in [1.29, 1.82) is 0 Å². The number of hydrogen-bond acceptors (Lipinski definition) is 6. The number of amides is 1. The fourth-order valence-corrected chi connectivity index (χ4v) is 6.60. The molecule has 1 amide bonds. The summed E-state index contributed by atoms with van der Waals surface area (Å²) in [5, 5.41) is 8.80. The molecule has 5 rings (SSSR count). The fourth-order valence-electron chi connectivity index (χ4n) is 6.60. The highest BCUT2D eigenvalue weighted by Gasteiger charge is 2.30. The molecule has 0 spiro atoms.